The first-order valence-electron chi connectivity index (χ1n) is 21.5. The fraction of sp³-hybridized carbons (Fsp3) is 0.314. The van der Waals surface area contributed by atoms with Crippen molar-refractivity contribution in [3.05, 3.63) is 135 Å². The van der Waals surface area contributed by atoms with E-state index in [-0.39, 0.29) is 28.2 Å². The van der Waals surface area contributed by atoms with Crippen molar-refractivity contribution in [1.29, 1.82) is 5.26 Å². The maximum absolute atomic E-state index is 15.6. The van der Waals surface area contributed by atoms with E-state index >= 15 is 5.11 Å². The molecule has 2 aliphatic rings. The Morgan fingerprint density at radius 3 is 1.57 bits per heavy atom. The van der Waals surface area contributed by atoms with Crippen LogP contribution in [0.25, 0.3) is 37.5 Å². The van der Waals surface area contributed by atoms with Crippen molar-refractivity contribution < 1.29 is 9.68 Å². The molecule has 0 fully saturated rings. The molecule has 0 aromatic heterocycles. The van der Waals surface area contributed by atoms with E-state index in [0.29, 0.717) is 55.8 Å². The van der Waals surface area contributed by atoms with Crippen molar-refractivity contribution in [1.82, 2.24) is 0 Å². The van der Waals surface area contributed by atoms with Crippen molar-refractivity contribution in [2.24, 2.45) is 0 Å². The summed E-state index contributed by atoms with van der Waals surface area (Å²) in [7, 11) is 0. The second-order valence-corrected chi connectivity index (χ2v) is 15.9. The quantitative estimate of drug-likeness (QED) is 0.0281. The molecule has 0 unspecified atom stereocenters. The molecule has 306 valence electrons. The van der Waals surface area contributed by atoms with Gasteiger partial charge in [0.2, 0.25) is 5.71 Å². The van der Waals surface area contributed by atoms with Crippen molar-refractivity contribution >= 4 is 66.8 Å². The molecule has 7 rings (SSSR count). The number of allylic oxidation sites excluding steroid dienone is 3. The summed E-state index contributed by atoms with van der Waals surface area (Å²) in [4.78, 5) is 6.21. The molecule has 8 N–H and O–H groups in total. The summed E-state index contributed by atoms with van der Waals surface area (Å²) in [5.74, 6) is -0.326. The number of nitrogens with zero attached hydrogens (tertiary/aromatic N) is 4. The standard InChI is InChI=1S/C51H56N8O/c1-6-10-26-58(27-11-7-2)49-31-18-14-22-35(53)40(31)45(41-32(49)19-15-23-36(41)54)47-44(39(30-52)57-5)48(51(47)60)46-42-33(20-16-24-37(42)55)50(34-21-17-25-38(56)43(34)46)59(28-12-8-3)29-13-9-4/h14-25H,6-13,26-29,53-56H2,1-4H3. The molecule has 0 amide bonds. The van der Waals surface area contributed by atoms with E-state index in [2.05, 4.69) is 72.4 Å². The summed E-state index contributed by atoms with van der Waals surface area (Å²) in [6.07, 6.45) is 8.12. The van der Waals surface area contributed by atoms with Crippen LogP contribution in [0.3, 0.4) is 0 Å². The van der Waals surface area contributed by atoms with Gasteiger partial charge in [-0.2, -0.15) is 0 Å². The minimum atomic E-state index is -0.326. The first-order valence-corrected chi connectivity index (χ1v) is 21.5. The molecule has 0 saturated carbocycles. The van der Waals surface area contributed by atoms with Crippen LogP contribution in [0.2, 0.25) is 0 Å². The predicted molar refractivity (Wildman–Crippen MR) is 249 cm³/mol. The van der Waals surface area contributed by atoms with Crippen LogP contribution in [0.4, 0.5) is 28.4 Å². The average Bonchev–Trinajstić information content (AvgIpc) is 3.24. The van der Waals surface area contributed by atoms with E-state index < -0.39 is 0 Å². The van der Waals surface area contributed by atoms with E-state index in [4.69, 9.17) is 29.5 Å². The zero-order valence-electron chi connectivity index (χ0n) is 35.4. The monoisotopic (exact) mass is 796 g/mol. The minimum absolute atomic E-state index is 0.205. The van der Waals surface area contributed by atoms with Crippen LogP contribution < -0.4 is 32.9 Å². The van der Waals surface area contributed by atoms with E-state index in [1.165, 1.54) is 0 Å². The number of fused-ring (bicyclic) bond motifs is 4. The second kappa shape index (κ2) is 17.6. The van der Waals surface area contributed by atoms with Gasteiger partial charge >= 0.3 is 0 Å². The lowest BCUT2D eigenvalue weighted by Gasteiger charge is -2.41. The molecule has 0 heterocycles. The number of benzene rings is 5. The lowest BCUT2D eigenvalue weighted by Crippen LogP contribution is -2.32. The van der Waals surface area contributed by atoms with Crippen LogP contribution in [0, 0.1) is 17.9 Å². The van der Waals surface area contributed by atoms with E-state index in [9.17, 15) is 5.26 Å². The number of rotatable bonds is 14. The van der Waals surface area contributed by atoms with E-state index in [0.717, 1.165) is 111 Å². The number of unbranched alkanes of at least 4 members (excludes halogenated alkanes) is 4. The fourth-order valence-corrected chi connectivity index (χ4v) is 9.24. The Kier molecular flexibility index (Phi) is 12.2. The number of nitrogen functional groups attached to an aromatic ring is 4. The first kappa shape index (κ1) is 41.4. The van der Waals surface area contributed by atoms with Gasteiger partial charge in [0.15, 0.2) is 0 Å². The molecule has 0 spiro atoms. The Bertz CT molecular complexity index is 2580. The summed E-state index contributed by atoms with van der Waals surface area (Å²) >= 11 is 0. The third kappa shape index (κ3) is 6.88. The highest BCUT2D eigenvalue weighted by Gasteiger charge is 2.41. The van der Waals surface area contributed by atoms with Gasteiger partial charge in [0, 0.05) is 98.1 Å². The molecule has 0 aliphatic heterocycles. The van der Waals surface area contributed by atoms with Gasteiger partial charge in [-0.05, 0) is 60.4 Å². The Morgan fingerprint density at radius 2 is 1.12 bits per heavy atom. The van der Waals surface area contributed by atoms with Crippen molar-refractivity contribution in [2.75, 3.05) is 54.0 Å². The highest BCUT2D eigenvalue weighted by Crippen LogP contribution is 2.57. The molecule has 60 heavy (non-hydrogen) atoms. The fourth-order valence-electron chi connectivity index (χ4n) is 9.24. The summed E-state index contributed by atoms with van der Waals surface area (Å²) in [5.41, 5.74) is 36.6. The van der Waals surface area contributed by atoms with Crippen molar-refractivity contribution in [2.45, 2.75) is 79.1 Å². The van der Waals surface area contributed by atoms with Crippen molar-refractivity contribution in [3.63, 3.8) is 0 Å². The highest BCUT2D eigenvalue weighted by atomic mass is 16.3. The van der Waals surface area contributed by atoms with Crippen LogP contribution in [-0.4, -0.2) is 36.5 Å². The van der Waals surface area contributed by atoms with Crippen LogP contribution >= 0.6 is 0 Å². The third-order valence-corrected chi connectivity index (χ3v) is 12.1. The maximum atomic E-state index is 15.6. The van der Waals surface area contributed by atoms with Gasteiger partial charge in [0.25, 0.3) is 5.70 Å². The second-order valence-electron chi connectivity index (χ2n) is 15.9. The topological polar surface area (TPSA) is 162 Å². The molecular weight excluding hydrogens is 741 g/mol. The zero-order chi connectivity index (χ0) is 42.7. The number of anilines is 5. The van der Waals surface area contributed by atoms with Crippen molar-refractivity contribution in [3.8, 4) is 6.07 Å². The normalized spacial score (nSPS) is 14.1. The van der Waals surface area contributed by atoms with Crippen LogP contribution in [-0.2, 0) is 0 Å². The van der Waals surface area contributed by atoms with Crippen LogP contribution in [0.5, 0.6) is 0 Å². The average molecular weight is 797 g/mol. The van der Waals surface area contributed by atoms with E-state index in [1.54, 1.807) is 0 Å². The Hall–Kier alpha value is -6.71. The van der Waals surface area contributed by atoms with Gasteiger partial charge in [0.05, 0.1) is 29.5 Å². The molecule has 5 aromatic rings. The van der Waals surface area contributed by atoms with Gasteiger partial charge in [-0.3, -0.25) is 0 Å². The van der Waals surface area contributed by atoms with Crippen LogP contribution in [0.15, 0.2) is 95.4 Å². The molecule has 0 bridgehead atoms. The third-order valence-electron chi connectivity index (χ3n) is 12.1. The molecule has 5 aromatic carbocycles. The Balaban J connectivity index is 1.66. The lowest BCUT2D eigenvalue weighted by atomic mass is 9.68. The van der Waals surface area contributed by atoms with E-state index in [1.807, 2.05) is 48.5 Å². The molecule has 9 nitrogen and oxygen atoms in total. The van der Waals surface area contributed by atoms with Gasteiger partial charge < -0.3 is 32.9 Å². The summed E-state index contributed by atoms with van der Waals surface area (Å²) in [6.45, 7) is 20.5. The minimum Gasteiger partial charge on any atom is -0.872 e. The molecular formula is C51H56N8O. The molecule has 2 aliphatic carbocycles. The first-order chi connectivity index (χ1) is 29.2. The predicted octanol–water partition coefficient (Wildman–Crippen LogP) is 9.78. The molecule has 0 radical (unpaired) electrons. The molecule has 9 heteroatoms. The van der Waals surface area contributed by atoms with Gasteiger partial charge in [-0.1, -0.05) is 95.5 Å². The summed E-state index contributed by atoms with van der Waals surface area (Å²) in [5, 5.41) is 29.5. The van der Waals surface area contributed by atoms with Gasteiger partial charge in [0.1, 0.15) is 13.1 Å². The molecule has 0 saturated heterocycles. The van der Waals surface area contributed by atoms with Gasteiger partial charge in [-0.15, -0.1) is 0 Å². The summed E-state index contributed by atoms with van der Waals surface area (Å²) in [6, 6.07) is 25.5. The SMILES string of the molecule is [C-]#[N+]/C(C#N)=C1\C(=C2c3c(N)cccc3C(=[N+](CCCC)CCCC)c3cccc(N)c32)C([O-])=C1c1c2c(N)cccc2c(N(CCCC)CCCC)c2cccc(N)c12. The van der Waals surface area contributed by atoms with Crippen LogP contribution in [0.1, 0.15) is 107 Å². The number of hydrogen-bond acceptors (Lipinski definition) is 7. The summed E-state index contributed by atoms with van der Waals surface area (Å²) < 4.78 is 2.43. The maximum Gasteiger partial charge on any atom is 0.270 e. The Labute approximate surface area is 354 Å². The number of hydrogen-bond donors (Lipinski definition) is 4. The Morgan fingerprint density at radius 1 is 0.650 bits per heavy atom. The number of nitriles is 1. The lowest BCUT2D eigenvalue weighted by molar-refractivity contribution is -0.528. The highest BCUT2D eigenvalue weighted by molar-refractivity contribution is 6.28. The molecule has 0 atom stereocenters. The smallest absolute Gasteiger partial charge is 0.270 e. The zero-order valence-corrected chi connectivity index (χ0v) is 35.4. The van der Waals surface area contributed by atoms with Gasteiger partial charge in [-0.25, -0.2) is 14.7 Å². The number of nitrogens with two attached hydrogens (primary N) is 4. The largest absolute Gasteiger partial charge is 0.872 e.